The van der Waals surface area contributed by atoms with E-state index in [9.17, 15) is 4.79 Å². The molecule has 162 valence electrons. The van der Waals surface area contributed by atoms with Gasteiger partial charge in [0, 0.05) is 31.4 Å². The van der Waals surface area contributed by atoms with Gasteiger partial charge in [-0.2, -0.15) is 0 Å². The van der Waals surface area contributed by atoms with Crippen LogP contribution in [0.15, 0.2) is 48.5 Å². The van der Waals surface area contributed by atoms with Gasteiger partial charge in [0.2, 0.25) is 0 Å². The first-order valence-electron chi connectivity index (χ1n) is 11.0. The van der Waals surface area contributed by atoms with Gasteiger partial charge < -0.3 is 14.5 Å². The monoisotopic (exact) mass is 408 g/mol. The number of hydrogen-bond acceptors (Lipinski definition) is 4. The second kappa shape index (κ2) is 12.2. The molecule has 30 heavy (non-hydrogen) atoms. The summed E-state index contributed by atoms with van der Waals surface area (Å²) >= 11 is 0. The standard InChI is InChI=1S/C26H36N2O2/c1-6-17-28(18-7-2)23-14-15-24(26(19-23)30-8-3)25(29)16-13-21-11-9-10-12-22(21)20-27(4)5/h9-16,19H,6-8,17-18,20H2,1-5H3. The second-order valence-corrected chi connectivity index (χ2v) is 7.73. The fourth-order valence-electron chi connectivity index (χ4n) is 3.53. The highest BCUT2D eigenvalue weighted by Gasteiger charge is 2.14. The summed E-state index contributed by atoms with van der Waals surface area (Å²) in [6, 6.07) is 14.1. The first kappa shape index (κ1) is 23.7. The molecule has 0 radical (unpaired) electrons. The molecule has 4 nitrogen and oxygen atoms in total. The molecule has 0 bridgehead atoms. The second-order valence-electron chi connectivity index (χ2n) is 7.73. The smallest absolute Gasteiger partial charge is 0.189 e. The molecule has 0 unspecified atom stereocenters. The van der Waals surface area contributed by atoms with E-state index in [1.165, 1.54) is 5.56 Å². The summed E-state index contributed by atoms with van der Waals surface area (Å²) in [7, 11) is 4.09. The lowest BCUT2D eigenvalue weighted by molar-refractivity contribution is 0.104. The van der Waals surface area contributed by atoms with Crippen LogP contribution in [0.4, 0.5) is 5.69 Å². The quantitative estimate of drug-likeness (QED) is 0.335. The molecule has 0 aliphatic rings. The van der Waals surface area contributed by atoms with Crippen LogP contribution in [0.1, 0.15) is 55.1 Å². The van der Waals surface area contributed by atoms with Crippen LogP contribution >= 0.6 is 0 Å². The summed E-state index contributed by atoms with van der Waals surface area (Å²) in [6.07, 6.45) is 5.73. The SMILES string of the molecule is CCCN(CCC)c1ccc(C(=O)C=Cc2ccccc2CN(C)C)c(OCC)c1. The Kier molecular flexibility index (Phi) is 9.62. The third kappa shape index (κ3) is 6.74. The molecular weight excluding hydrogens is 372 g/mol. The Morgan fingerprint density at radius 1 is 1.00 bits per heavy atom. The summed E-state index contributed by atoms with van der Waals surface area (Å²) in [5.41, 5.74) is 3.97. The predicted molar refractivity (Wildman–Crippen MR) is 128 cm³/mol. The Bertz CT molecular complexity index is 837. The maximum atomic E-state index is 13.0. The van der Waals surface area contributed by atoms with Crippen LogP contribution in [-0.4, -0.2) is 44.5 Å². The van der Waals surface area contributed by atoms with Crippen molar-refractivity contribution in [3.63, 3.8) is 0 Å². The minimum absolute atomic E-state index is 0.0396. The van der Waals surface area contributed by atoms with Gasteiger partial charge in [0.25, 0.3) is 0 Å². The number of anilines is 1. The first-order chi connectivity index (χ1) is 14.5. The third-order valence-corrected chi connectivity index (χ3v) is 4.84. The van der Waals surface area contributed by atoms with E-state index >= 15 is 0 Å². The van der Waals surface area contributed by atoms with Crippen LogP contribution in [0.25, 0.3) is 6.08 Å². The zero-order valence-electron chi connectivity index (χ0n) is 19.1. The molecule has 2 aromatic carbocycles. The number of benzene rings is 2. The molecular formula is C26H36N2O2. The highest BCUT2D eigenvalue weighted by atomic mass is 16.5. The number of allylic oxidation sites excluding steroid dienone is 1. The minimum Gasteiger partial charge on any atom is -0.493 e. The van der Waals surface area contributed by atoms with Crippen molar-refractivity contribution in [1.82, 2.24) is 4.90 Å². The summed E-state index contributed by atoms with van der Waals surface area (Å²) in [6.45, 7) is 9.67. The van der Waals surface area contributed by atoms with Gasteiger partial charge in [-0.1, -0.05) is 44.2 Å². The van der Waals surface area contributed by atoms with Crippen LogP contribution in [0.2, 0.25) is 0 Å². The van der Waals surface area contributed by atoms with Gasteiger partial charge in [-0.15, -0.1) is 0 Å². The van der Waals surface area contributed by atoms with E-state index in [4.69, 9.17) is 4.74 Å². The number of hydrogen-bond donors (Lipinski definition) is 0. The molecule has 0 heterocycles. The molecule has 0 saturated heterocycles. The van der Waals surface area contributed by atoms with Crippen molar-refractivity contribution in [2.24, 2.45) is 0 Å². The highest BCUT2D eigenvalue weighted by Crippen LogP contribution is 2.27. The fraction of sp³-hybridized carbons (Fsp3) is 0.423. The minimum atomic E-state index is -0.0396. The lowest BCUT2D eigenvalue weighted by Crippen LogP contribution is -2.25. The summed E-state index contributed by atoms with van der Waals surface area (Å²) in [5.74, 6) is 0.616. The molecule has 0 aliphatic carbocycles. The number of rotatable bonds is 12. The molecule has 0 atom stereocenters. The molecule has 0 saturated carbocycles. The Labute approximate surface area is 182 Å². The maximum absolute atomic E-state index is 13.0. The van der Waals surface area contributed by atoms with Gasteiger partial charge in [0.05, 0.1) is 12.2 Å². The molecule has 0 aromatic heterocycles. The predicted octanol–water partition coefficient (Wildman–Crippen LogP) is 5.67. The molecule has 4 heteroatoms. The van der Waals surface area contributed by atoms with Crippen LogP contribution in [0, 0.1) is 0 Å². The lowest BCUT2D eigenvalue weighted by Gasteiger charge is -2.24. The molecule has 0 aliphatic heterocycles. The zero-order valence-corrected chi connectivity index (χ0v) is 19.1. The van der Waals surface area contributed by atoms with Crippen molar-refractivity contribution in [3.8, 4) is 5.75 Å². The van der Waals surface area contributed by atoms with E-state index in [1.807, 2.05) is 63.5 Å². The lowest BCUT2D eigenvalue weighted by atomic mass is 10.0. The van der Waals surface area contributed by atoms with Crippen molar-refractivity contribution in [1.29, 1.82) is 0 Å². The van der Waals surface area contributed by atoms with Gasteiger partial charge in [-0.25, -0.2) is 0 Å². The van der Waals surface area contributed by atoms with Crippen LogP contribution in [0.5, 0.6) is 5.75 Å². The maximum Gasteiger partial charge on any atom is 0.189 e. The fourth-order valence-corrected chi connectivity index (χ4v) is 3.53. The van der Waals surface area contributed by atoms with Crippen molar-refractivity contribution in [3.05, 3.63) is 65.2 Å². The third-order valence-electron chi connectivity index (χ3n) is 4.84. The largest absolute Gasteiger partial charge is 0.493 e. The normalized spacial score (nSPS) is 11.3. The molecule has 2 rings (SSSR count). The summed E-state index contributed by atoms with van der Waals surface area (Å²) < 4.78 is 5.85. The molecule has 0 amide bonds. The van der Waals surface area contributed by atoms with E-state index in [0.29, 0.717) is 17.9 Å². The highest BCUT2D eigenvalue weighted by molar-refractivity contribution is 6.09. The molecule has 0 spiro atoms. The van der Waals surface area contributed by atoms with Crippen molar-refractivity contribution in [2.45, 2.75) is 40.2 Å². The number of nitrogens with zero attached hydrogens (tertiary/aromatic N) is 2. The van der Waals surface area contributed by atoms with Crippen LogP contribution < -0.4 is 9.64 Å². The van der Waals surface area contributed by atoms with Crippen molar-refractivity contribution in [2.75, 3.05) is 38.7 Å². The average molecular weight is 409 g/mol. The van der Waals surface area contributed by atoms with Crippen molar-refractivity contribution < 1.29 is 9.53 Å². The Balaban J connectivity index is 2.29. The van der Waals surface area contributed by atoms with Crippen LogP contribution in [-0.2, 0) is 6.54 Å². The van der Waals surface area contributed by atoms with E-state index < -0.39 is 0 Å². The van der Waals surface area contributed by atoms with E-state index in [1.54, 1.807) is 6.08 Å². The van der Waals surface area contributed by atoms with Gasteiger partial charge in [-0.3, -0.25) is 4.79 Å². The Morgan fingerprint density at radius 3 is 2.33 bits per heavy atom. The number of carbonyl (C=O) groups is 1. The van der Waals surface area contributed by atoms with Crippen LogP contribution in [0.3, 0.4) is 0 Å². The zero-order chi connectivity index (χ0) is 21.9. The van der Waals surface area contributed by atoms with Gasteiger partial charge in [0.15, 0.2) is 5.78 Å². The summed E-state index contributed by atoms with van der Waals surface area (Å²) in [4.78, 5) is 17.5. The van der Waals surface area contributed by atoms with Crippen molar-refractivity contribution >= 4 is 17.5 Å². The van der Waals surface area contributed by atoms with E-state index in [2.05, 4.69) is 29.7 Å². The first-order valence-corrected chi connectivity index (χ1v) is 11.0. The number of ether oxygens (including phenoxy) is 1. The topological polar surface area (TPSA) is 32.8 Å². The summed E-state index contributed by atoms with van der Waals surface area (Å²) in [5, 5.41) is 0. The van der Waals surface area contributed by atoms with Gasteiger partial charge in [0.1, 0.15) is 5.75 Å². The molecule has 0 N–H and O–H groups in total. The average Bonchev–Trinajstić information content (AvgIpc) is 2.72. The Hall–Kier alpha value is -2.59. The van der Waals surface area contributed by atoms with E-state index in [-0.39, 0.29) is 5.78 Å². The number of ketones is 1. The Morgan fingerprint density at radius 2 is 1.70 bits per heavy atom. The number of carbonyl (C=O) groups excluding carboxylic acids is 1. The van der Waals surface area contributed by atoms with Gasteiger partial charge in [-0.05, 0) is 63.2 Å². The van der Waals surface area contributed by atoms with Gasteiger partial charge >= 0.3 is 0 Å². The molecule has 2 aromatic rings. The van der Waals surface area contributed by atoms with E-state index in [0.717, 1.165) is 43.7 Å². The molecule has 0 fully saturated rings.